The Labute approximate surface area is 171 Å². The molecule has 0 radical (unpaired) electrons. The molecule has 4 rings (SSSR count). The van der Waals surface area contributed by atoms with Crippen LogP contribution >= 0.6 is 11.3 Å². The molecule has 8 heteroatoms. The number of ketones is 1. The molecule has 1 aliphatic rings. The lowest BCUT2D eigenvalue weighted by molar-refractivity contribution is -0.117. The highest BCUT2D eigenvalue weighted by molar-refractivity contribution is 7.15. The predicted octanol–water partition coefficient (Wildman–Crippen LogP) is 3.82. The van der Waals surface area contributed by atoms with Crippen molar-refractivity contribution in [1.82, 2.24) is 14.8 Å². The molecule has 0 saturated heterocycles. The number of nitrogens with zero attached hydrogens (tertiary/aromatic N) is 4. The molecular weight excluding hydrogens is 388 g/mol. The zero-order valence-corrected chi connectivity index (χ0v) is 17.4. The average Bonchev–Trinajstić information content (AvgIpc) is 3.14. The minimum atomic E-state index is -0.973. The molecule has 0 saturated carbocycles. The van der Waals surface area contributed by atoms with E-state index in [1.165, 1.54) is 0 Å². The number of aryl methyl sites for hydroxylation is 2. The number of hydrogen-bond acceptors (Lipinski definition) is 6. The Morgan fingerprint density at radius 3 is 2.45 bits per heavy atom. The Morgan fingerprint density at radius 2 is 1.83 bits per heavy atom. The van der Waals surface area contributed by atoms with E-state index in [9.17, 15) is 14.7 Å². The van der Waals surface area contributed by atoms with Crippen LogP contribution < -0.4 is 0 Å². The summed E-state index contributed by atoms with van der Waals surface area (Å²) in [6.07, 6.45) is 0.224. The Balaban J connectivity index is 1.99. The first-order valence-corrected chi connectivity index (χ1v) is 10.0. The average molecular weight is 408 g/mol. The first-order valence-electron chi connectivity index (χ1n) is 9.21. The van der Waals surface area contributed by atoms with E-state index in [-0.39, 0.29) is 17.8 Å². The highest BCUT2D eigenvalue weighted by Crippen LogP contribution is 2.39. The second kappa shape index (κ2) is 7.04. The first-order chi connectivity index (χ1) is 13.8. The summed E-state index contributed by atoms with van der Waals surface area (Å²) >= 11 is 1.64. The molecule has 1 atom stereocenters. The quantitative estimate of drug-likeness (QED) is 0.708. The number of fused-ring (bicyclic) bond motifs is 3. The maximum absolute atomic E-state index is 11.9. The van der Waals surface area contributed by atoms with E-state index in [1.807, 2.05) is 11.5 Å². The minimum absolute atomic E-state index is 0.0182. The molecule has 3 heterocycles. The molecule has 3 aromatic rings. The number of carbonyl (C=O) groups is 2. The van der Waals surface area contributed by atoms with Crippen LogP contribution in [0.4, 0.5) is 0 Å². The van der Waals surface area contributed by atoms with Crippen LogP contribution in [0.3, 0.4) is 0 Å². The van der Waals surface area contributed by atoms with Crippen LogP contribution in [0.25, 0.3) is 5.00 Å². The Morgan fingerprint density at radius 1 is 1.14 bits per heavy atom. The summed E-state index contributed by atoms with van der Waals surface area (Å²) in [5, 5.41) is 18.8. The predicted molar refractivity (Wildman–Crippen MR) is 111 cm³/mol. The van der Waals surface area contributed by atoms with Gasteiger partial charge < -0.3 is 5.11 Å². The standard InChI is InChI=1S/C21H20N4O3S/c1-10(26)9-16-19-24-23-13(4)25(19)20-17(11(2)12(3)29-20)18(22-16)14-5-7-15(8-6-14)21(27)28/h5-8,16H,9H2,1-4H3,(H,27,28)/t16-/m0/s1. The molecule has 1 N–H and O–H groups in total. The Bertz CT molecular complexity index is 1170. The molecule has 29 heavy (non-hydrogen) atoms. The number of thiophene rings is 1. The van der Waals surface area contributed by atoms with Gasteiger partial charge >= 0.3 is 5.97 Å². The highest BCUT2D eigenvalue weighted by atomic mass is 32.1. The molecule has 1 aliphatic heterocycles. The van der Waals surface area contributed by atoms with Crippen molar-refractivity contribution in [3.63, 3.8) is 0 Å². The summed E-state index contributed by atoms with van der Waals surface area (Å²) in [5.74, 6) is 0.440. The van der Waals surface area contributed by atoms with Crippen LogP contribution in [0, 0.1) is 20.8 Å². The molecule has 0 fully saturated rings. The van der Waals surface area contributed by atoms with Gasteiger partial charge in [0.2, 0.25) is 0 Å². The number of carboxylic acid groups (broad SMARTS) is 1. The fourth-order valence-electron chi connectivity index (χ4n) is 3.57. The van der Waals surface area contributed by atoms with Crippen LogP contribution in [0.5, 0.6) is 0 Å². The van der Waals surface area contributed by atoms with Gasteiger partial charge in [0.05, 0.1) is 11.3 Å². The molecule has 2 aromatic heterocycles. The number of aliphatic imine (C=N–C) groups is 1. The van der Waals surface area contributed by atoms with E-state index < -0.39 is 12.0 Å². The molecule has 0 spiro atoms. The third kappa shape index (κ3) is 3.19. The largest absolute Gasteiger partial charge is 0.478 e. The van der Waals surface area contributed by atoms with E-state index in [2.05, 4.69) is 24.0 Å². The van der Waals surface area contributed by atoms with Crippen LogP contribution in [-0.2, 0) is 4.79 Å². The van der Waals surface area contributed by atoms with Crippen molar-refractivity contribution in [2.24, 2.45) is 4.99 Å². The van der Waals surface area contributed by atoms with Crippen LogP contribution in [0.1, 0.15) is 63.0 Å². The first kappa shape index (κ1) is 19.2. The monoisotopic (exact) mass is 408 g/mol. The molecule has 0 aliphatic carbocycles. The van der Waals surface area contributed by atoms with Gasteiger partial charge in [-0.1, -0.05) is 12.1 Å². The Kier molecular flexibility index (Phi) is 4.66. The zero-order chi connectivity index (χ0) is 20.9. The molecule has 0 bridgehead atoms. The lowest BCUT2D eigenvalue weighted by Gasteiger charge is -2.11. The van der Waals surface area contributed by atoms with Crippen LogP contribution in [-0.4, -0.2) is 37.3 Å². The van der Waals surface area contributed by atoms with E-state index in [0.29, 0.717) is 5.82 Å². The molecule has 148 valence electrons. The topological polar surface area (TPSA) is 97.4 Å². The molecule has 0 unspecified atom stereocenters. The van der Waals surface area contributed by atoms with Crippen LogP contribution in [0.15, 0.2) is 29.3 Å². The van der Waals surface area contributed by atoms with E-state index in [0.717, 1.165) is 38.1 Å². The second-order valence-corrected chi connectivity index (χ2v) is 8.39. The van der Waals surface area contributed by atoms with Gasteiger partial charge in [-0.2, -0.15) is 0 Å². The van der Waals surface area contributed by atoms with Crippen molar-refractivity contribution in [3.8, 4) is 5.00 Å². The molecule has 1 aromatic carbocycles. The number of benzene rings is 1. The van der Waals surface area contributed by atoms with Crippen LogP contribution in [0.2, 0.25) is 0 Å². The lowest BCUT2D eigenvalue weighted by atomic mass is 9.98. The third-order valence-corrected chi connectivity index (χ3v) is 6.32. The lowest BCUT2D eigenvalue weighted by Crippen LogP contribution is -2.09. The maximum Gasteiger partial charge on any atom is 0.335 e. The number of aromatic carboxylic acids is 1. The van der Waals surface area contributed by atoms with Crippen molar-refractivity contribution in [3.05, 3.63) is 63.0 Å². The summed E-state index contributed by atoms with van der Waals surface area (Å²) < 4.78 is 2.00. The summed E-state index contributed by atoms with van der Waals surface area (Å²) in [6.45, 7) is 7.55. The smallest absolute Gasteiger partial charge is 0.335 e. The fourth-order valence-corrected chi connectivity index (χ4v) is 4.78. The number of carboxylic acids is 1. The number of carbonyl (C=O) groups excluding carboxylic acids is 1. The number of aromatic nitrogens is 3. The van der Waals surface area contributed by atoms with Crippen molar-refractivity contribution >= 4 is 28.8 Å². The molecule has 7 nitrogen and oxygen atoms in total. The third-order valence-electron chi connectivity index (χ3n) is 5.13. The van der Waals surface area contributed by atoms with Crippen molar-refractivity contribution < 1.29 is 14.7 Å². The summed E-state index contributed by atoms with van der Waals surface area (Å²) in [6, 6.07) is 6.22. The zero-order valence-electron chi connectivity index (χ0n) is 16.6. The SMILES string of the molecule is CC(=O)C[C@@H]1N=C(c2ccc(C(=O)O)cc2)c2c(sc(C)c2C)-n2c(C)nnc21. The van der Waals surface area contributed by atoms with E-state index in [4.69, 9.17) is 4.99 Å². The highest BCUT2D eigenvalue weighted by Gasteiger charge is 2.31. The fraction of sp³-hybridized carbons (Fsp3) is 0.286. The minimum Gasteiger partial charge on any atom is -0.478 e. The summed E-state index contributed by atoms with van der Waals surface area (Å²) in [5.41, 5.74) is 3.85. The summed E-state index contributed by atoms with van der Waals surface area (Å²) in [7, 11) is 0. The van der Waals surface area contributed by atoms with Gasteiger partial charge in [0, 0.05) is 22.4 Å². The van der Waals surface area contributed by atoms with Gasteiger partial charge in [-0.05, 0) is 45.4 Å². The van der Waals surface area contributed by atoms with E-state index in [1.54, 1.807) is 42.5 Å². The van der Waals surface area contributed by atoms with Gasteiger partial charge in [-0.15, -0.1) is 21.5 Å². The number of hydrogen-bond donors (Lipinski definition) is 1. The second-order valence-electron chi connectivity index (χ2n) is 7.19. The van der Waals surface area contributed by atoms with Crippen molar-refractivity contribution in [2.75, 3.05) is 0 Å². The maximum atomic E-state index is 11.9. The van der Waals surface area contributed by atoms with Gasteiger partial charge in [0.1, 0.15) is 22.7 Å². The van der Waals surface area contributed by atoms with Crippen molar-refractivity contribution in [1.29, 1.82) is 0 Å². The molecule has 0 amide bonds. The van der Waals surface area contributed by atoms with Gasteiger partial charge in [0.25, 0.3) is 0 Å². The normalized spacial score (nSPS) is 15.3. The van der Waals surface area contributed by atoms with E-state index >= 15 is 0 Å². The molecular formula is C21H20N4O3S. The number of Topliss-reactive ketones (excluding diaryl/α,β-unsaturated/α-hetero) is 1. The van der Waals surface area contributed by atoms with Crippen molar-refractivity contribution in [2.45, 2.75) is 40.2 Å². The summed E-state index contributed by atoms with van der Waals surface area (Å²) in [4.78, 5) is 29.3. The van der Waals surface area contributed by atoms with Gasteiger partial charge in [0.15, 0.2) is 5.82 Å². The Hall–Kier alpha value is -3.13. The van der Waals surface area contributed by atoms with Gasteiger partial charge in [-0.25, -0.2) is 4.79 Å². The number of rotatable bonds is 4. The van der Waals surface area contributed by atoms with Gasteiger partial charge in [-0.3, -0.25) is 14.4 Å².